The molecule has 0 bridgehead atoms. The van der Waals surface area contributed by atoms with Crippen LogP contribution in [0.5, 0.6) is 11.5 Å². The van der Waals surface area contributed by atoms with Crippen molar-refractivity contribution in [1.82, 2.24) is 9.97 Å². The number of ether oxygens (including phenoxy) is 1. The largest absolute Gasteiger partial charge is 0.453 e. The van der Waals surface area contributed by atoms with Crippen LogP contribution in [0, 0.1) is 0 Å². The van der Waals surface area contributed by atoms with Gasteiger partial charge in [0.25, 0.3) is 0 Å². The number of pyridine rings is 2. The van der Waals surface area contributed by atoms with Crippen LogP contribution in [0.2, 0.25) is 0 Å². The topological polar surface area (TPSA) is 93.6 Å². The van der Waals surface area contributed by atoms with Crippen molar-refractivity contribution in [3.05, 3.63) is 60.6 Å². The third-order valence-electron chi connectivity index (χ3n) is 2.98. The molecule has 0 fully saturated rings. The van der Waals surface area contributed by atoms with Gasteiger partial charge in [0, 0.05) is 17.8 Å². The highest BCUT2D eigenvalue weighted by Gasteiger charge is 2.11. The Kier molecular flexibility index (Phi) is 3.34. The fourth-order valence-corrected chi connectivity index (χ4v) is 2.00. The number of fused-ring (bicyclic) bond motifs is 1. The van der Waals surface area contributed by atoms with Crippen molar-refractivity contribution < 1.29 is 9.94 Å². The van der Waals surface area contributed by atoms with Gasteiger partial charge >= 0.3 is 0 Å². The minimum Gasteiger partial charge on any atom is -0.453 e. The first-order valence-electron chi connectivity index (χ1n) is 6.23. The maximum absolute atomic E-state index is 8.83. The maximum atomic E-state index is 8.83. The second-order valence-electron chi connectivity index (χ2n) is 4.29. The van der Waals surface area contributed by atoms with E-state index in [1.807, 2.05) is 24.3 Å². The van der Waals surface area contributed by atoms with Gasteiger partial charge in [-0.05, 0) is 18.2 Å². The number of oxime groups is 1. The predicted octanol–water partition coefficient (Wildman–Crippen LogP) is 2.52. The van der Waals surface area contributed by atoms with Gasteiger partial charge in [-0.2, -0.15) is 0 Å². The molecule has 6 heteroatoms. The summed E-state index contributed by atoms with van der Waals surface area (Å²) in [4.78, 5) is 8.32. The Bertz CT molecular complexity index is 812. The molecule has 3 aromatic rings. The van der Waals surface area contributed by atoms with Crippen molar-refractivity contribution in [2.75, 3.05) is 0 Å². The number of benzene rings is 1. The van der Waals surface area contributed by atoms with Crippen molar-refractivity contribution >= 4 is 16.7 Å². The number of amidine groups is 1. The predicted molar refractivity (Wildman–Crippen MR) is 78.6 cm³/mol. The van der Waals surface area contributed by atoms with Gasteiger partial charge in [-0.3, -0.25) is 9.97 Å². The summed E-state index contributed by atoms with van der Waals surface area (Å²) in [5.41, 5.74) is 6.83. The van der Waals surface area contributed by atoms with E-state index in [2.05, 4.69) is 15.1 Å². The Morgan fingerprint density at radius 2 is 1.95 bits per heavy atom. The van der Waals surface area contributed by atoms with Crippen LogP contribution in [-0.2, 0) is 0 Å². The zero-order valence-corrected chi connectivity index (χ0v) is 11.0. The van der Waals surface area contributed by atoms with E-state index in [0.29, 0.717) is 17.1 Å². The fourth-order valence-electron chi connectivity index (χ4n) is 2.00. The number of para-hydroxylation sites is 1. The number of hydrogen-bond acceptors (Lipinski definition) is 5. The van der Waals surface area contributed by atoms with Crippen LogP contribution in [0.4, 0.5) is 0 Å². The minimum absolute atomic E-state index is 0.0411. The molecule has 2 aromatic heterocycles. The molecule has 0 saturated carbocycles. The summed E-state index contributed by atoms with van der Waals surface area (Å²) in [6, 6.07) is 11.0. The summed E-state index contributed by atoms with van der Waals surface area (Å²) < 4.78 is 5.85. The molecule has 0 aliphatic heterocycles. The zero-order valence-electron chi connectivity index (χ0n) is 11.0. The van der Waals surface area contributed by atoms with E-state index >= 15 is 0 Å². The lowest BCUT2D eigenvalue weighted by Gasteiger charge is -2.11. The summed E-state index contributed by atoms with van der Waals surface area (Å²) in [5.74, 6) is 0.930. The summed E-state index contributed by atoms with van der Waals surface area (Å²) in [6.45, 7) is 0. The molecule has 0 saturated heterocycles. The molecule has 0 spiro atoms. The van der Waals surface area contributed by atoms with Crippen LogP contribution in [0.25, 0.3) is 10.9 Å². The maximum Gasteiger partial charge on any atom is 0.173 e. The van der Waals surface area contributed by atoms with E-state index < -0.39 is 0 Å². The molecule has 1 aromatic carbocycles. The number of rotatable bonds is 3. The van der Waals surface area contributed by atoms with Crippen LogP contribution in [-0.4, -0.2) is 21.0 Å². The molecular formula is C15H12N4O2. The van der Waals surface area contributed by atoms with Gasteiger partial charge in [0.05, 0.1) is 11.8 Å². The van der Waals surface area contributed by atoms with E-state index in [0.717, 1.165) is 10.9 Å². The molecule has 0 unspecified atom stereocenters. The first-order valence-corrected chi connectivity index (χ1v) is 6.23. The second kappa shape index (κ2) is 5.46. The van der Waals surface area contributed by atoms with E-state index in [9.17, 15) is 0 Å². The molecular weight excluding hydrogens is 268 g/mol. The van der Waals surface area contributed by atoms with Crippen LogP contribution < -0.4 is 10.5 Å². The van der Waals surface area contributed by atoms with Gasteiger partial charge in [-0.1, -0.05) is 23.4 Å². The van der Waals surface area contributed by atoms with Crippen LogP contribution in [0.3, 0.4) is 0 Å². The van der Waals surface area contributed by atoms with Gasteiger partial charge < -0.3 is 15.7 Å². The van der Waals surface area contributed by atoms with E-state index in [-0.39, 0.29) is 5.84 Å². The molecule has 21 heavy (non-hydrogen) atoms. The molecule has 3 N–H and O–H groups in total. The molecule has 0 radical (unpaired) electrons. The lowest BCUT2D eigenvalue weighted by molar-refractivity contribution is 0.318. The van der Waals surface area contributed by atoms with E-state index in [4.69, 9.17) is 15.7 Å². The minimum atomic E-state index is -0.0411. The van der Waals surface area contributed by atoms with E-state index in [1.165, 1.54) is 6.20 Å². The molecule has 0 aliphatic carbocycles. The number of hydrogen-bond donors (Lipinski definition) is 2. The molecule has 2 heterocycles. The Hall–Kier alpha value is -3.15. The lowest BCUT2D eigenvalue weighted by atomic mass is 10.2. The summed E-state index contributed by atoms with van der Waals surface area (Å²) >= 11 is 0. The lowest BCUT2D eigenvalue weighted by Crippen LogP contribution is -2.14. The van der Waals surface area contributed by atoms with Crippen LogP contribution >= 0.6 is 0 Å². The second-order valence-corrected chi connectivity index (χ2v) is 4.29. The summed E-state index contributed by atoms with van der Waals surface area (Å²) in [6.07, 6.45) is 4.75. The Morgan fingerprint density at radius 3 is 2.81 bits per heavy atom. The third-order valence-corrected chi connectivity index (χ3v) is 2.98. The van der Waals surface area contributed by atoms with Gasteiger partial charge in [0.2, 0.25) is 0 Å². The van der Waals surface area contributed by atoms with Gasteiger partial charge in [0.15, 0.2) is 17.3 Å². The number of aromatic nitrogens is 2. The van der Waals surface area contributed by atoms with Crippen LogP contribution in [0.15, 0.2) is 60.1 Å². The monoisotopic (exact) mass is 280 g/mol. The zero-order chi connectivity index (χ0) is 14.7. The molecule has 6 nitrogen and oxygen atoms in total. The van der Waals surface area contributed by atoms with Crippen molar-refractivity contribution in [3.63, 3.8) is 0 Å². The van der Waals surface area contributed by atoms with Crippen molar-refractivity contribution in [2.45, 2.75) is 0 Å². The summed E-state index contributed by atoms with van der Waals surface area (Å²) in [7, 11) is 0. The Labute approximate surface area is 120 Å². The Morgan fingerprint density at radius 1 is 1.10 bits per heavy atom. The third kappa shape index (κ3) is 2.46. The van der Waals surface area contributed by atoms with Gasteiger partial charge in [-0.25, -0.2) is 0 Å². The fraction of sp³-hybridized carbons (Fsp3) is 0. The first kappa shape index (κ1) is 12.9. The smallest absolute Gasteiger partial charge is 0.173 e. The normalized spacial score (nSPS) is 11.5. The molecule has 0 amide bonds. The van der Waals surface area contributed by atoms with Crippen LogP contribution in [0.1, 0.15) is 5.56 Å². The molecule has 104 valence electrons. The molecule has 0 atom stereocenters. The standard InChI is InChI=1S/C15H12N4O2/c16-15(19-20)11-6-8-17-9-13(11)21-12-5-1-3-10-4-2-7-18-14(10)12/h1-9,20H,(H2,16,19). The van der Waals surface area contributed by atoms with Crippen molar-refractivity contribution in [2.24, 2.45) is 10.9 Å². The SMILES string of the molecule is N/C(=N/O)c1ccncc1Oc1cccc2cccnc12. The quantitative estimate of drug-likeness (QED) is 0.333. The average Bonchev–Trinajstić information content (AvgIpc) is 2.55. The highest BCUT2D eigenvalue weighted by molar-refractivity contribution is 5.99. The average molecular weight is 280 g/mol. The van der Waals surface area contributed by atoms with Gasteiger partial charge in [0.1, 0.15) is 5.52 Å². The Balaban J connectivity index is 2.08. The summed E-state index contributed by atoms with van der Waals surface area (Å²) in [5, 5.41) is 12.8. The first-order chi connectivity index (χ1) is 10.3. The number of nitrogens with zero attached hydrogens (tertiary/aromatic N) is 3. The highest BCUT2D eigenvalue weighted by Crippen LogP contribution is 2.29. The molecule has 3 rings (SSSR count). The molecule has 0 aliphatic rings. The van der Waals surface area contributed by atoms with Crippen molar-refractivity contribution in [1.29, 1.82) is 0 Å². The highest BCUT2D eigenvalue weighted by atomic mass is 16.5. The number of nitrogens with two attached hydrogens (primary N) is 1. The van der Waals surface area contributed by atoms with E-state index in [1.54, 1.807) is 24.5 Å². The van der Waals surface area contributed by atoms with Gasteiger partial charge in [-0.15, -0.1) is 0 Å². The van der Waals surface area contributed by atoms with Crippen molar-refractivity contribution in [3.8, 4) is 11.5 Å².